The van der Waals surface area contributed by atoms with Gasteiger partial charge in [-0.15, -0.1) is 0 Å². The molecule has 0 radical (unpaired) electrons. The van der Waals surface area contributed by atoms with Crippen molar-refractivity contribution in [2.75, 3.05) is 0 Å². The predicted octanol–water partition coefficient (Wildman–Crippen LogP) is 1.50. The molecule has 1 amide bonds. The fourth-order valence-corrected chi connectivity index (χ4v) is 2.39. The van der Waals surface area contributed by atoms with Gasteiger partial charge in [-0.2, -0.15) is 10.2 Å². The summed E-state index contributed by atoms with van der Waals surface area (Å²) in [5, 5.41) is 22.2. The first-order valence-corrected chi connectivity index (χ1v) is 7.34. The van der Waals surface area contributed by atoms with Gasteiger partial charge in [0.1, 0.15) is 17.9 Å². The molecule has 0 aliphatic heterocycles. The van der Waals surface area contributed by atoms with Gasteiger partial charge >= 0.3 is 5.69 Å². The third kappa shape index (κ3) is 3.55. The van der Waals surface area contributed by atoms with E-state index in [4.69, 9.17) is 0 Å². The van der Waals surface area contributed by atoms with Crippen LogP contribution in [-0.4, -0.2) is 30.4 Å². The first kappa shape index (κ1) is 16.7. The van der Waals surface area contributed by atoms with Crippen LogP contribution >= 0.6 is 0 Å². The Balaban J connectivity index is 2.05. The number of aromatic nitrogens is 4. The zero-order chi connectivity index (χ0) is 17.1. The van der Waals surface area contributed by atoms with E-state index < -0.39 is 4.92 Å². The van der Waals surface area contributed by atoms with E-state index in [9.17, 15) is 14.9 Å². The third-order valence-electron chi connectivity index (χ3n) is 3.63. The molecular formula is C14H20N6O3. The fourth-order valence-electron chi connectivity index (χ4n) is 2.39. The van der Waals surface area contributed by atoms with Crippen LogP contribution in [0.5, 0.6) is 0 Å². The molecule has 2 aromatic rings. The lowest BCUT2D eigenvalue weighted by Gasteiger charge is -2.12. The van der Waals surface area contributed by atoms with Crippen LogP contribution in [0.3, 0.4) is 0 Å². The van der Waals surface area contributed by atoms with Gasteiger partial charge in [0.15, 0.2) is 0 Å². The second kappa shape index (κ2) is 6.59. The van der Waals surface area contributed by atoms with E-state index in [1.165, 1.54) is 4.68 Å². The molecule has 0 saturated heterocycles. The average Bonchev–Trinajstić information content (AvgIpc) is 3.04. The van der Waals surface area contributed by atoms with Gasteiger partial charge in [-0.1, -0.05) is 0 Å². The summed E-state index contributed by atoms with van der Waals surface area (Å²) < 4.78 is 3.13. The van der Waals surface area contributed by atoms with Crippen molar-refractivity contribution in [2.24, 2.45) is 0 Å². The summed E-state index contributed by atoms with van der Waals surface area (Å²) in [6.07, 6.45) is 1.85. The molecule has 0 aromatic carbocycles. The highest BCUT2D eigenvalue weighted by atomic mass is 16.6. The monoisotopic (exact) mass is 320 g/mol. The first-order valence-electron chi connectivity index (χ1n) is 7.34. The molecule has 2 rings (SSSR count). The number of aryl methyl sites for hydroxylation is 2. The zero-order valence-corrected chi connectivity index (χ0v) is 13.6. The molecule has 0 bridgehead atoms. The van der Waals surface area contributed by atoms with E-state index >= 15 is 0 Å². The summed E-state index contributed by atoms with van der Waals surface area (Å²) in [5.41, 5.74) is 1.38. The van der Waals surface area contributed by atoms with E-state index in [1.54, 1.807) is 18.5 Å². The van der Waals surface area contributed by atoms with Gasteiger partial charge < -0.3 is 5.32 Å². The van der Waals surface area contributed by atoms with Gasteiger partial charge in [0.05, 0.1) is 16.7 Å². The summed E-state index contributed by atoms with van der Waals surface area (Å²) in [4.78, 5) is 22.6. The molecular weight excluding hydrogens is 300 g/mol. The normalized spacial score (nSPS) is 12.2. The van der Waals surface area contributed by atoms with Crippen LogP contribution < -0.4 is 5.32 Å². The Bertz CT molecular complexity index is 733. The second-order valence-corrected chi connectivity index (χ2v) is 5.32. The lowest BCUT2D eigenvalue weighted by Crippen LogP contribution is -2.31. The van der Waals surface area contributed by atoms with Gasteiger partial charge in [-0.3, -0.25) is 24.3 Å². The first-order chi connectivity index (χ1) is 10.8. The molecule has 2 heterocycles. The smallest absolute Gasteiger partial charge is 0.312 e. The Kier molecular flexibility index (Phi) is 4.77. The van der Waals surface area contributed by atoms with Crippen molar-refractivity contribution < 1.29 is 9.72 Å². The maximum atomic E-state index is 12.1. The number of carbonyl (C=O) groups excluding carboxylic acids is 1. The van der Waals surface area contributed by atoms with Gasteiger partial charge in [-0.05, 0) is 33.8 Å². The molecule has 23 heavy (non-hydrogen) atoms. The fraction of sp³-hybridized carbons (Fsp3) is 0.500. The van der Waals surface area contributed by atoms with Crippen molar-refractivity contribution in [3.8, 4) is 0 Å². The predicted molar refractivity (Wildman–Crippen MR) is 82.8 cm³/mol. The minimum absolute atomic E-state index is 0.0486. The summed E-state index contributed by atoms with van der Waals surface area (Å²) in [6, 6.07) is 1.60. The van der Waals surface area contributed by atoms with Crippen LogP contribution in [0.2, 0.25) is 0 Å². The third-order valence-corrected chi connectivity index (χ3v) is 3.63. The summed E-state index contributed by atoms with van der Waals surface area (Å²) >= 11 is 0. The Morgan fingerprint density at radius 2 is 2.13 bits per heavy atom. The maximum Gasteiger partial charge on any atom is 0.312 e. The summed E-state index contributed by atoms with van der Waals surface area (Å²) in [5.74, 6) is -0.274. The van der Waals surface area contributed by atoms with Gasteiger partial charge in [0, 0.05) is 12.7 Å². The van der Waals surface area contributed by atoms with Crippen molar-refractivity contribution in [3.05, 3.63) is 39.5 Å². The summed E-state index contributed by atoms with van der Waals surface area (Å²) in [7, 11) is 0. The Hall–Kier alpha value is -2.71. The Morgan fingerprint density at radius 3 is 2.65 bits per heavy atom. The quantitative estimate of drug-likeness (QED) is 0.641. The number of hydrogen-bond donors (Lipinski definition) is 1. The number of nitro groups is 1. The van der Waals surface area contributed by atoms with E-state index in [0.717, 1.165) is 12.2 Å². The highest BCUT2D eigenvalue weighted by Gasteiger charge is 2.23. The van der Waals surface area contributed by atoms with Crippen LogP contribution in [0, 0.1) is 24.0 Å². The number of nitrogens with one attached hydrogen (secondary N) is 1. The minimum Gasteiger partial charge on any atom is -0.346 e. The van der Waals surface area contributed by atoms with Crippen molar-refractivity contribution >= 4 is 11.6 Å². The van der Waals surface area contributed by atoms with Crippen molar-refractivity contribution in [1.82, 2.24) is 24.9 Å². The van der Waals surface area contributed by atoms with Gasteiger partial charge in [0.2, 0.25) is 5.91 Å². The largest absolute Gasteiger partial charge is 0.346 e. The van der Waals surface area contributed by atoms with Gasteiger partial charge in [-0.25, -0.2) is 0 Å². The highest BCUT2D eigenvalue weighted by Crippen LogP contribution is 2.21. The number of hydrogen-bond acceptors (Lipinski definition) is 5. The Morgan fingerprint density at radius 1 is 1.43 bits per heavy atom. The van der Waals surface area contributed by atoms with Crippen LogP contribution in [0.25, 0.3) is 0 Å². The summed E-state index contributed by atoms with van der Waals surface area (Å²) in [6.45, 7) is 7.65. The molecule has 124 valence electrons. The van der Waals surface area contributed by atoms with E-state index in [2.05, 4.69) is 15.5 Å². The average molecular weight is 320 g/mol. The van der Waals surface area contributed by atoms with E-state index in [1.807, 2.05) is 26.1 Å². The molecule has 9 heteroatoms. The van der Waals surface area contributed by atoms with Crippen LogP contribution in [0.1, 0.15) is 37.0 Å². The zero-order valence-electron chi connectivity index (χ0n) is 13.6. The topological polar surface area (TPSA) is 108 Å². The molecule has 0 aliphatic rings. The van der Waals surface area contributed by atoms with Crippen LogP contribution in [0.4, 0.5) is 5.69 Å². The number of carbonyl (C=O) groups is 1. The molecule has 1 N–H and O–H groups in total. The SMILES string of the molecule is CCn1ccc(C(C)NC(=O)Cn2nc(C)c([N+](=O)[O-])c2C)n1. The van der Waals surface area contributed by atoms with E-state index in [-0.39, 0.29) is 24.2 Å². The molecule has 9 nitrogen and oxygen atoms in total. The lowest BCUT2D eigenvalue weighted by atomic mass is 10.2. The Labute approximate surface area is 133 Å². The lowest BCUT2D eigenvalue weighted by molar-refractivity contribution is -0.386. The molecule has 0 fully saturated rings. The second-order valence-electron chi connectivity index (χ2n) is 5.32. The molecule has 0 saturated carbocycles. The molecule has 2 aromatic heterocycles. The standard InChI is InChI=1S/C14H20N6O3/c1-5-18-7-6-12(17-18)9(2)15-13(21)8-19-11(4)14(20(22)23)10(3)16-19/h6-7,9H,5,8H2,1-4H3,(H,15,21). The molecule has 0 spiro atoms. The van der Waals surface area contributed by atoms with Crippen LogP contribution in [-0.2, 0) is 17.9 Å². The van der Waals surface area contributed by atoms with Crippen LogP contribution in [0.15, 0.2) is 12.3 Å². The number of amides is 1. The van der Waals surface area contributed by atoms with Crippen molar-refractivity contribution in [2.45, 2.75) is 46.8 Å². The number of nitrogens with zero attached hydrogens (tertiary/aromatic N) is 5. The molecule has 1 unspecified atom stereocenters. The van der Waals surface area contributed by atoms with Crippen molar-refractivity contribution in [3.63, 3.8) is 0 Å². The molecule has 0 aliphatic carbocycles. The van der Waals surface area contributed by atoms with Gasteiger partial charge in [0.25, 0.3) is 0 Å². The minimum atomic E-state index is -0.480. The number of rotatable bonds is 6. The highest BCUT2D eigenvalue weighted by molar-refractivity contribution is 5.76. The van der Waals surface area contributed by atoms with Crippen molar-refractivity contribution in [1.29, 1.82) is 0 Å². The van der Waals surface area contributed by atoms with E-state index in [0.29, 0.717) is 11.4 Å². The molecule has 1 atom stereocenters. The maximum absolute atomic E-state index is 12.1.